The molecule has 1 atom stereocenters. The van der Waals surface area contributed by atoms with E-state index in [9.17, 15) is 9.59 Å². The number of esters is 1. The molecule has 3 N–H and O–H groups in total. The maximum atomic E-state index is 13.0. The van der Waals surface area contributed by atoms with E-state index in [-0.39, 0.29) is 11.9 Å². The molecule has 1 unspecified atom stereocenters. The maximum absolute atomic E-state index is 13.0. The monoisotopic (exact) mass is 332 g/mol. The van der Waals surface area contributed by atoms with Gasteiger partial charge in [0.05, 0.1) is 7.11 Å². The van der Waals surface area contributed by atoms with Crippen LogP contribution in [0.1, 0.15) is 52.0 Å². The highest BCUT2D eigenvalue weighted by Crippen LogP contribution is 2.36. The van der Waals surface area contributed by atoms with Crippen LogP contribution < -0.4 is 11.1 Å². The van der Waals surface area contributed by atoms with Crippen LogP contribution in [0.25, 0.3) is 0 Å². The molecule has 0 radical (unpaired) electrons. The van der Waals surface area contributed by atoms with Crippen LogP contribution in [0.5, 0.6) is 0 Å². The Bertz CT molecular complexity index is 602. The van der Waals surface area contributed by atoms with Crippen molar-refractivity contribution in [2.45, 2.75) is 62.9 Å². The van der Waals surface area contributed by atoms with Crippen LogP contribution in [0.3, 0.4) is 0 Å². The molecular weight excluding hydrogens is 304 g/mol. The van der Waals surface area contributed by atoms with Crippen LogP contribution in [0, 0.1) is 0 Å². The summed E-state index contributed by atoms with van der Waals surface area (Å²) in [4.78, 5) is 25.3. The highest BCUT2D eigenvalue weighted by Gasteiger charge is 2.50. The van der Waals surface area contributed by atoms with E-state index in [4.69, 9.17) is 10.5 Å². The number of amides is 1. The van der Waals surface area contributed by atoms with Crippen LogP contribution in [-0.4, -0.2) is 30.1 Å². The molecule has 1 aromatic rings. The summed E-state index contributed by atoms with van der Waals surface area (Å²) in [7, 11) is 1.35. The lowest BCUT2D eigenvalue weighted by molar-refractivity contribution is -0.151. The highest BCUT2D eigenvalue weighted by molar-refractivity contribution is 5.93. The summed E-state index contributed by atoms with van der Waals surface area (Å²) in [6.45, 7) is 5.61. The largest absolute Gasteiger partial charge is 0.467 e. The number of carbonyl (C=O) groups excluding carboxylic acids is 2. The first-order valence-corrected chi connectivity index (χ1v) is 8.43. The molecule has 0 heterocycles. The van der Waals surface area contributed by atoms with Gasteiger partial charge in [0.25, 0.3) is 0 Å². The minimum absolute atomic E-state index is 0.330. The lowest BCUT2D eigenvalue weighted by Gasteiger charge is -2.42. The van der Waals surface area contributed by atoms with Crippen molar-refractivity contribution < 1.29 is 14.3 Å². The molecule has 132 valence electrons. The minimum Gasteiger partial charge on any atom is -0.467 e. The van der Waals surface area contributed by atoms with Gasteiger partial charge in [-0.1, -0.05) is 57.0 Å². The van der Waals surface area contributed by atoms with Crippen molar-refractivity contribution in [2.75, 3.05) is 7.11 Å². The van der Waals surface area contributed by atoms with E-state index < -0.39 is 16.5 Å². The van der Waals surface area contributed by atoms with Crippen molar-refractivity contribution in [1.82, 2.24) is 5.32 Å². The summed E-state index contributed by atoms with van der Waals surface area (Å²) in [5.41, 5.74) is 4.73. The van der Waals surface area contributed by atoms with Gasteiger partial charge in [0.1, 0.15) is 11.1 Å². The molecule has 0 spiro atoms. The Balaban J connectivity index is 2.28. The Hall–Kier alpha value is -1.88. The molecule has 5 nitrogen and oxygen atoms in total. The van der Waals surface area contributed by atoms with Crippen molar-refractivity contribution in [3.05, 3.63) is 35.9 Å². The second kappa shape index (κ2) is 6.55. The van der Waals surface area contributed by atoms with Crippen LogP contribution in [-0.2, 0) is 19.7 Å². The number of rotatable bonds is 5. The van der Waals surface area contributed by atoms with Gasteiger partial charge in [-0.05, 0) is 25.3 Å². The van der Waals surface area contributed by atoms with Crippen LogP contribution in [0.15, 0.2) is 30.3 Å². The molecule has 0 aromatic heterocycles. The van der Waals surface area contributed by atoms with Crippen molar-refractivity contribution in [2.24, 2.45) is 5.73 Å². The van der Waals surface area contributed by atoms with Crippen molar-refractivity contribution >= 4 is 11.9 Å². The number of hydrogen-bond acceptors (Lipinski definition) is 4. The Labute approximate surface area is 143 Å². The van der Waals surface area contributed by atoms with Crippen molar-refractivity contribution in [3.63, 3.8) is 0 Å². The van der Waals surface area contributed by atoms with E-state index in [1.807, 2.05) is 44.2 Å². The molecule has 1 aromatic carbocycles. The van der Waals surface area contributed by atoms with Gasteiger partial charge in [0, 0.05) is 5.41 Å². The van der Waals surface area contributed by atoms with E-state index in [0.29, 0.717) is 12.8 Å². The number of hydrogen-bond donors (Lipinski definition) is 2. The average molecular weight is 332 g/mol. The normalized spacial score (nSPS) is 19.4. The van der Waals surface area contributed by atoms with Crippen LogP contribution in [0.2, 0.25) is 0 Å². The smallest absolute Gasteiger partial charge is 0.331 e. The van der Waals surface area contributed by atoms with Crippen LogP contribution in [0.4, 0.5) is 0 Å². The molecule has 1 saturated carbocycles. The molecule has 1 fully saturated rings. The zero-order valence-electron chi connectivity index (χ0n) is 15.0. The Morgan fingerprint density at radius 1 is 1.12 bits per heavy atom. The second-order valence-electron chi connectivity index (χ2n) is 7.43. The van der Waals surface area contributed by atoms with Gasteiger partial charge in [-0.2, -0.15) is 0 Å². The maximum Gasteiger partial charge on any atom is 0.331 e. The fourth-order valence-electron chi connectivity index (χ4n) is 3.34. The third kappa shape index (κ3) is 3.05. The molecule has 24 heavy (non-hydrogen) atoms. The first-order chi connectivity index (χ1) is 11.2. The fourth-order valence-corrected chi connectivity index (χ4v) is 3.34. The molecule has 5 heteroatoms. The number of benzene rings is 1. The second-order valence-corrected chi connectivity index (χ2v) is 7.43. The van der Waals surface area contributed by atoms with Gasteiger partial charge < -0.3 is 15.8 Å². The summed E-state index contributed by atoms with van der Waals surface area (Å²) in [5, 5.41) is 2.92. The van der Waals surface area contributed by atoms with E-state index in [1.165, 1.54) is 7.11 Å². The van der Waals surface area contributed by atoms with Gasteiger partial charge in [0.15, 0.2) is 0 Å². The predicted octanol–water partition coefficient (Wildman–Crippen LogP) is 2.28. The Morgan fingerprint density at radius 2 is 1.67 bits per heavy atom. The standard InChI is InChI=1S/C19H28N2O3/c1-17(2,14-10-6-5-7-11-14)18(3,20)15(22)21-19(16(23)24-4)12-8-9-13-19/h5-7,10-11H,8-9,12-13,20H2,1-4H3,(H,21,22). The predicted molar refractivity (Wildman–Crippen MR) is 93.4 cm³/mol. The van der Waals surface area contributed by atoms with Gasteiger partial charge in [-0.25, -0.2) is 4.79 Å². The van der Waals surface area contributed by atoms with E-state index in [2.05, 4.69) is 5.32 Å². The molecule has 0 aliphatic heterocycles. The lowest BCUT2D eigenvalue weighted by atomic mass is 9.68. The highest BCUT2D eigenvalue weighted by atomic mass is 16.5. The zero-order valence-corrected chi connectivity index (χ0v) is 15.0. The third-order valence-corrected chi connectivity index (χ3v) is 5.65. The number of carbonyl (C=O) groups is 2. The van der Waals surface area contributed by atoms with Gasteiger partial charge in [0.2, 0.25) is 5.91 Å². The summed E-state index contributed by atoms with van der Waals surface area (Å²) in [5.74, 6) is -0.717. The zero-order chi connectivity index (χ0) is 18.0. The van der Waals surface area contributed by atoms with Crippen molar-refractivity contribution in [3.8, 4) is 0 Å². The van der Waals surface area contributed by atoms with Crippen LogP contribution >= 0.6 is 0 Å². The molecule has 0 bridgehead atoms. The van der Waals surface area contributed by atoms with E-state index >= 15 is 0 Å². The summed E-state index contributed by atoms with van der Waals surface area (Å²) in [6, 6.07) is 9.71. The minimum atomic E-state index is -1.18. The van der Waals surface area contributed by atoms with Gasteiger partial charge in [-0.3, -0.25) is 4.79 Å². The Morgan fingerprint density at radius 3 is 2.17 bits per heavy atom. The van der Waals surface area contributed by atoms with Crippen molar-refractivity contribution in [1.29, 1.82) is 0 Å². The fraction of sp³-hybridized carbons (Fsp3) is 0.579. The summed E-state index contributed by atoms with van der Waals surface area (Å²) in [6.07, 6.45) is 2.96. The average Bonchev–Trinajstić information content (AvgIpc) is 3.04. The number of methoxy groups -OCH3 is 1. The topological polar surface area (TPSA) is 81.4 Å². The first-order valence-electron chi connectivity index (χ1n) is 8.43. The summed E-state index contributed by atoms with van der Waals surface area (Å²) >= 11 is 0. The molecule has 2 rings (SSSR count). The summed E-state index contributed by atoms with van der Waals surface area (Å²) < 4.78 is 4.93. The quantitative estimate of drug-likeness (QED) is 0.811. The molecule has 1 aliphatic carbocycles. The third-order valence-electron chi connectivity index (χ3n) is 5.65. The number of ether oxygens (including phenoxy) is 1. The molecule has 1 aliphatic rings. The molecular formula is C19H28N2O3. The van der Waals surface area contributed by atoms with Gasteiger partial charge in [-0.15, -0.1) is 0 Å². The first kappa shape index (κ1) is 18.5. The lowest BCUT2D eigenvalue weighted by Crippen LogP contribution is -2.67. The van der Waals surface area contributed by atoms with Gasteiger partial charge >= 0.3 is 5.97 Å². The Kier molecular flexibility index (Phi) is 5.04. The molecule has 1 amide bonds. The number of nitrogens with two attached hydrogens (primary N) is 1. The molecule has 0 saturated heterocycles. The SMILES string of the molecule is COC(=O)C1(NC(=O)C(C)(N)C(C)(C)c2ccccc2)CCCC1. The van der Waals surface area contributed by atoms with E-state index in [0.717, 1.165) is 18.4 Å². The van der Waals surface area contributed by atoms with E-state index in [1.54, 1.807) is 6.92 Å². The number of nitrogens with one attached hydrogen (secondary N) is 1.